The molecule has 1 saturated carbocycles. The smallest absolute Gasteiger partial charge is 0.314 e. The fourth-order valence-corrected chi connectivity index (χ4v) is 3.11. The van der Waals surface area contributed by atoms with E-state index in [2.05, 4.69) is 0 Å². The van der Waals surface area contributed by atoms with Gasteiger partial charge in [-0.1, -0.05) is 57.4 Å². The molecule has 1 fully saturated rings. The average Bonchev–Trinajstić information content (AvgIpc) is 2.48. The van der Waals surface area contributed by atoms with Gasteiger partial charge in [0.25, 0.3) is 0 Å². The van der Waals surface area contributed by atoms with Crippen LogP contribution in [0.1, 0.15) is 57.1 Å². The topological polar surface area (TPSA) is 57.5 Å². The second-order valence-electron chi connectivity index (χ2n) is 6.57. The number of carboxylic acids is 1. The van der Waals surface area contributed by atoms with Crippen molar-refractivity contribution in [3.63, 3.8) is 0 Å². The van der Waals surface area contributed by atoms with Gasteiger partial charge in [0.1, 0.15) is 0 Å². The van der Waals surface area contributed by atoms with Crippen molar-refractivity contribution in [2.24, 2.45) is 0 Å². The van der Waals surface area contributed by atoms with E-state index in [1.54, 1.807) is 0 Å². The summed E-state index contributed by atoms with van der Waals surface area (Å²) in [5, 5.41) is 19.1. The highest BCUT2D eigenvalue weighted by atomic mass is 16.4. The number of aliphatic carboxylic acids is 1. The normalized spacial score (nSPS) is 18.8. The van der Waals surface area contributed by atoms with E-state index in [1.165, 1.54) is 0 Å². The highest BCUT2D eigenvalue weighted by Gasteiger charge is 2.41. The molecule has 2 rings (SSSR count). The Morgan fingerprint density at radius 1 is 1.15 bits per heavy atom. The monoisotopic (exact) mass is 276 g/mol. The molecule has 0 radical (unpaired) electrons. The summed E-state index contributed by atoms with van der Waals surface area (Å²) >= 11 is 0. The Kier molecular flexibility index (Phi) is 4.19. The molecule has 0 bridgehead atoms. The van der Waals surface area contributed by atoms with E-state index in [4.69, 9.17) is 0 Å². The van der Waals surface area contributed by atoms with Crippen LogP contribution in [-0.2, 0) is 15.6 Å². The fraction of sp³-hybridized carbons (Fsp3) is 0.588. The standard InChI is InChI=1S/C17H24O3/c1-16(2,12-18)13-6-8-14(9-7-13)17(15(19)20)10-4-3-5-11-17/h6-9,18H,3-5,10-12H2,1-2H3,(H,19,20). The van der Waals surface area contributed by atoms with Gasteiger partial charge in [-0.15, -0.1) is 0 Å². The molecule has 0 saturated heterocycles. The highest BCUT2D eigenvalue weighted by Crippen LogP contribution is 2.40. The van der Waals surface area contributed by atoms with E-state index in [1.807, 2.05) is 38.1 Å². The van der Waals surface area contributed by atoms with Crippen LogP contribution < -0.4 is 0 Å². The van der Waals surface area contributed by atoms with Crippen molar-refractivity contribution < 1.29 is 15.0 Å². The molecular formula is C17H24O3. The van der Waals surface area contributed by atoms with Crippen molar-refractivity contribution in [1.29, 1.82) is 0 Å². The Hall–Kier alpha value is -1.35. The molecule has 0 unspecified atom stereocenters. The summed E-state index contributed by atoms with van der Waals surface area (Å²) in [6, 6.07) is 7.80. The molecule has 3 nitrogen and oxygen atoms in total. The molecule has 0 atom stereocenters. The molecule has 0 spiro atoms. The number of aliphatic hydroxyl groups is 1. The molecule has 1 aromatic carbocycles. The van der Waals surface area contributed by atoms with Crippen molar-refractivity contribution >= 4 is 5.97 Å². The summed E-state index contributed by atoms with van der Waals surface area (Å²) in [5.41, 5.74) is 0.948. The maximum atomic E-state index is 11.8. The number of aliphatic hydroxyl groups excluding tert-OH is 1. The summed E-state index contributed by atoms with van der Waals surface area (Å²) in [5.74, 6) is -0.702. The van der Waals surface area contributed by atoms with Crippen LogP contribution in [0.5, 0.6) is 0 Å². The first-order chi connectivity index (χ1) is 9.42. The Balaban J connectivity index is 2.34. The maximum absolute atomic E-state index is 11.8. The van der Waals surface area contributed by atoms with Gasteiger partial charge in [0.15, 0.2) is 0 Å². The van der Waals surface area contributed by atoms with Crippen molar-refractivity contribution in [2.45, 2.75) is 56.8 Å². The molecule has 0 aliphatic heterocycles. The molecule has 1 aromatic rings. The molecule has 20 heavy (non-hydrogen) atoms. The Bertz CT molecular complexity index is 468. The lowest BCUT2D eigenvalue weighted by Crippen LogP contribution is -2.37. The fourth-order valence-electron chi connectivity index (χ4n) is 3.11. The van der Waals surface area contributed by atoms with Gasteiger partial charge in [0.05, 0.1) is 12.0 Å². The zero-order chi connectivity index (χ0) is 14.8. The van der Waals surface area contributed by atoms with Gasteiger partial charge in [-0.3, -0.25) is 4.79 Å². The number of carbonyl (C=O) groups is 1. The molecule has 1 aliphatic rings. The second kappa shape index (κ2) is 5.57. The van der Waals surface area contributed by atoms with Crippen molar-refractivity contribution in [3.8, 4) is 0 Å². The minimum atomic E-state index is -0.708. The zero-order valence-electron chi connectivity index (χ0n) is 12.4. The van der Waals surface area contributed by atoms with Gasteiger partial charge in [0, 0.05) is 5.41 Å². The van der Waals surface area contributed by atoms with Gasteiger partial charge in [-0.25, -0.2) is 0 Å². The van der Waals surface area contributed by atoms with Gasteiger partial charge in [-0.05, 0) is 24.0 Å². The molecule has 3 heteroatoms. The minimum absolute atomic E-state index is 0.0798. The maximum Gasteiger partial charge on any atom is 0.314 e. The van der Waals surface area contributed by atoms with Crippen LogP contribution in [0, 0.1) is 0 Å². The molecule has 110 valence electrons. The molecular weight excluding hydrogens is 252 g/mol. The third-order valence-electron chi connectivity index (χ3n) is 4.73. The van der Waals surface area contributed by atoms with Crippen LogP contribution in [0.25, 0.3) is 0 Å². The van der Waals surface area contributed by atoms with Gasteiger partial charge in [-0.2, -0.15) is 0 Å². The first-order valence-electron chi connectivity index (χ1n) is 7.38. The molecule has 2 N–H and O–H groups in total. The van der Waals surface area contributed by atoms with Crippen LogP contribution >= 0.6 is 0 Å². The summed E-state index contributed by atoms with van der Waals surface area (Å²) < 4.78 is 0. The summed E-state index contributed by atoms with van der Waals surface area (Å²) in [6.45, 7) is 4.04. The van der Waals surface area contributed by atoms with E-state index in [0.29, 0.717) is 0 Å². The third-order valence-corrected chi connectivity index (χ3v) is 4.73. The molecule has 0 amide bonds. The van der Waals surface area contributed by atoms with Gasteiger partial charge in [0.2, 0.25) is 0 Å². The van der Waals surface area contributed by atoms with E-state index >= 15 is 0 Å². The molecule has 0 heterocycles. The number of rotatable bonds is 4. The zero-order valence-corrected chi connectivity index (χ0v) is 12.4. The van der Waals surface area contributed by atoms with E-state index in [0.717, 1.165) is 43.2 Å². The predicted octanol–water partition coefficient (Wildman–Crippen LogP) is 3.24. The first-order valence-corrected chi connectivity index (χ1v) is 7.38. The minimum Gasteiger partial charge on any atom is -0.481 e. The quantitative estimate of drug-likeness (QED) is 0.887. The predicted molar refractivity (Wildman–Crippen MR) is 79.0 cm³/mol. The summed E-state index contributed by atoms with van der Waals surface area (Å²) in [7, 11) is 0. The van der Waals surface area contributed by atoms with Crippen LogP contribution in [0.2, 0.25) is 0 Å². The van der Waals surface area contributed by atoms with Crippen molar-refractivity contribution in [3.05, 3.63) is 35.4 Å². The lowest BCUT2D eigenvalue weighted by molar-refractivity contribution is -0.145. The van der Waals surface area contributed by atoms with Gasteiger partial charge >= 0.3 is 5.97 Å². The van der Waals surface area contributed by atoms with E-state index < -0.39 is 11.4 Å². The first kappa shape index (κ1) is 15.0. The lowest BCUT2D eigenvalue weighted by atomic mass is 9.69. The lowest BCUT2D eigenvalue weighted by Gasteiger charge is -2.34. The van der Waals surface area contributed by atoms with Gasteiger partial charge < -0.3 is 10.2 Å². The molecule has 1 aliphatic carbocycles. The van der Waals surface area contributed by atoms with Crippen LogP contribution in [0.3, 0.4) is 0 Å². The van der Waals surface area contributed by atoms with E-state index in [-0.39, 0.29) is 12.0 Å². The third kappa shape index (κ3) is 2.59. The summed E-state index contributed by atoms with van der Waals surface area (Å²) in [4.78, 5) is 11.8. The Morgan fingerprint density at radius 3 is 2.15 bits per heavy atom. The Labute approximate surface area is 120 Å². The number of carboxylic acid groups (broad SMARTS) is 1. The number of hydrogen-bond donors (Lipinski definition) is 2. The number of hydrogen-bond acceptors (Lipinski definition) is 2. The second-order valence-corrected chi connectivity index (χ2v) is 6.57. The SMILES string of the molecule is CC(C)(CO)c1ccc(C2(C(=O)O)CCCCC2)cc1. The van der Waals surface area contributed by atoms with Crippen LogP contribution in [0.15, 0.2) is 24.3 Å². The van der Waals surface area contributed by atoms with E-state index in [9.17, 15) is 15.0 Å². The Morgan fingerprint density at radius 2 is 1.70 bits per heavy atom. The largest absolute Gasteiger partial charge is 0.481 e. The van der Waals surface area contributed by atoms with Crippen molar-refractivity contribution in [1.82, 2.24) is 0 Å². The molecule has 0 aromatic heterocycles. The average molecular weight is 276 g/mol. The highest BCUT2D eigenvalue weighted by molar-refractivity contribution is 5.81. The van der Waals surface area contributed by atoms with Crippen LogP contribution in [0.4, 0.5) is 0 Å². The van der Waals surface area contributed by atoms with Crippen molar-refractivity contribution in [2.75, 3.05) is 6.61 Å². The van der Waals surface area contributed by atoms with Crippen LogP contribution in [-0.4, -0.2) is 22.8 Å². The summed E-state index contributed by atoms with van der Waals surface area (Å²) in [6.07, 6.45) is 4.55. The number of benzene rings is 1.